The number of ether oxygens (including phenoxy) is 3. The van der Waals surface area contributed by atoms with Gasteiger partial charge in [0.25, 0.3) is 0 Å². The molecule has 0 radical (unpaired) electrons. The first-order chi connectivity index (χ1) is 32.0. The van der Waals surface area contributed by atoms with Crippen molar-refractivity contribution in [1.29, 1.82) is 0 Å². The van der Waals surface area contributed by atoms with Crippen molar-refractivity contribution in [1.82, 2.24) is 0 Å². The maximum Gasteiger partial charge on any atom is 0.306 e. The smallest absolute Gasteiger partial charge is 0.306 e. The molecule has 0 aromatic heterocycles. The van der Waals surface area contributed by atoms with Crippen molar-refractivity contribution in [2.45, 2.75) is 297 Å². The quantitative estimate of drug-likeness (QED) is 0.0262. The average Bonchev–Trinajstić information content (AvgIpc) is 3.30. The molecule has 0 saturated carbocycles. The fourth-order valence-corrected chi connectivity index (χ4v) is 8.10. The molecule has 0 rings (SSSR count). The molecular weight excluding hydrogens is 805 g/mol. The summed E-state index contributed by atoms with van der Waals surface area (Å²) in [6, 6.07) is 0. The number of hydrogen-bond acceptors (Lipinski definition) is 6. The predicted molar refractivity (Wildman–Crippen MR) is 279 cm³/mol. The lowest BCUT2D eigenvalue weighted by Gasteiger charge is -2.18. The molecule has 6 heteroatoms. The fourth-order valence-electron chi connectivity index (χ4n) is 8.10. The lowest BCUT2D eigenvalue weighted by Crippen LogP contribution is -2.30. The van der Waals surface area contributed by atoms with Crippen LogP contribution >= 0.6 is 0 Å². The number of esters is 3. The van der Waals surface area contributed by atoms with Gasteiger partial charge in [0, 0.05) is 19.3 Å². The van der Waals surface area contributed by atoms with E-state index in [1.54, 1.807) is 0 Å². The molecule has 0 saturated heterocycles. The molecule has 0 heterocycles. The van der Waals surface area contributed by atoms with E-state index < -0.39 is 6.10 Å². The molecule has 0 spiro atoms. The van der Waals surface area contributed by atoms with Crippen molar-refractivity contribution in [2.75, 3.05) is 13.2 Å². The zero-order valence-electron chi connectivity index (χ0n) is 43.3. The largest absolute Gasteiger partial charge is 0.462 e. The Labute approximate surface area is 403 Å². The second-order valence-electron chi connectivity index (χ2n) is 18.8. The van der Waals surface area contributed by atoms with Crippen LogP contribution in [0, 0.1) is 0 Å². The molecule has 1 unspecified atom stereocenters. The Hall–Kier alpha value is -2.63. The van der Waals surface area contributed by atoms with Gasteiger partial charge in [-0.1, -0.05) is 243 Å². The highest BCUT2D eigenvalue weighted by Crippen LogP contribution is 2.16. The van der Waals surface area contributed by atoms with E-state index >= 15 is 0 Å². The Bertz CT molecular complexity index is 1140. The predicted octanol–water partition coefficient (Wildman–Crippen LogP) is 18.7. The summed E-state index contributed by atoms with van der Waals surface area (Å²) >= 11 is 0. The van der Waals surface area contributed by atoms with Gasteiger partial charge in [0.2, 0.25) is 0 Å². The van der Waals surface area contributed by atoms with Crippen molar-refractivity contribution < 1.29 is 28.6 Å². The third-order valence-electron chi connectivity index (χ3n) is 12.3. The second kappa shape index (κ2) is 54.0. The van der Waals surface area contributed by atoms with E-state index in [1.807, 2.05) is 0 Å². The molecule has 0 aliphatic carbocycles. The van der Waals surface area contributed by atoms with Crippen LogP contribution in [0.3, 0.4) is 0 Å². The molecule has 0 aliphatic heterocycles. The maximum absolute atomic E-state index is 12.8. The zero-order chi connectivity index (χ0) is 47.2. The highest BCUT2D eigenvalue weighted by Gasteiger charge is 2.19. The molecule has 1 atom stereocenters. The van der Waals surface area contributed by atoms with Crippen LogP contribution in [0.15, 0.2) is 48.6 Å². The van der Waals surface area contributed by atoms with E-state index in [4.69, 9.17) is 14.2 Å². The molecule has 0 bridgehead atoms. The van der Waals surface area contributed by atoms with Crippen molar-refractivity contribution in [3.63, 3.8) is 0 Å². The van der Waals surface area contributed by atoms with E-state index in [0.717, 1.165) is 96.3 Å². The highest BCUT2D eigenvalue weighted by molar-refractivity contribution is 5.71. The highest BCUT2D eigenvalue weighted by atomic mass is 16.6. The minimum Gasteiger partial charge on any atom is -0.462 e. The molecule has 6 nitrogen and oxygen atoms in total. The van der Waals surface area contributed by atoms with Gasteiger partial charge in [0.05, 0.1) is 0 Å². The third kappa shape index (κ3) is 52.2. The van der Waals surface area contributed by atoms with Crippen LogP contribution in [0.1, 0.15) is 290 Å². The molecule has 0 aromatic carbocycles. The summed E-state index contributed by atoms with van der Waals surface area (Å²) in [7, 11) is 0. The monoisotopic (exact) mass is 911 g/mol. The van der Waals surface area contributed by atoms with Crippen LogP contribution in [0.25, 0.3) is 0 Å². The maximum atomic E-state index is 12.8. The minimum absolute atomic E-state index is 0.0783. The van der Waals surface area contributed by atoms with Gasteiger partial charge in [-0.05, 0) is 77.0 Å². The standard InChI is InChI=1S/C59H106O6/c1-4-7-10-13-16-19-22-25-27-29-30-31-33-34-37-40-43-46-49-52-58(61)64-55-56(54-63-57(60)51-48-45-42-39-36-24-21-18-15-12-9-6-3)65-59(62)53-50-47-44-41-38-35-32-28-26-23-20-17-14-11-8-5-2/h8,11,17-18,20-21,26,28,56H,4-7,9-10,12-16,19,22-25,27,29-55H2,1-3H3/b11-8-,20-17-,21-18-,28-26-. The van der Waals surface area contributed by atoms with Crippen molar-refractivity contribution in [2.24, 2.45) is 0 Å². The van der Waals surface area contributed by atoms with Gasteiger partial charge < -0.3 is 14.2 Å². The Kier molecular flexibility index (Phi) is 51.8. The average molecular weight is 911 g/mol. The summed E-state index contributed by atoms with van der Waals surface area (Å²) in [6.07, 6.45) is 65.3. The Morgan fingerprint density at radius 3 is 0.985 bits per heavy atom. The number of carbonyl (C=O) groups excluding carboxylic acids is 3. The van der Waals surface area contributed by atoms with E-state index in [9.17, 15) is 14.4 Å². The lowest BCUT2D eigenvalue weighted by molar-refractivity contribution is -0.167. The molecule has 0 amide bonds. The van der Waals surface area contributed by atoms with Crippen LogP contribution in [0.2, 0.25) is 0 Å². The summed E-state index contributed by atoms with van der Waals surface area (Å²) < 4.78 is 16.8. The lowest BCUT2D eigenvalue weighted by atomic mass is 10.0. The second-order valence-corrected chi connectivity index (χ2v) is 18.8. The zero-order valence-corrected chi connectivity index (χ0v) is 43.3. The SMILES string of the molecule is CC/C=C\C/C=C\C/C=C\CCCCCCCCC(=O)OC(COC(=O)CCCCCCC/C=C\CCCCC)COC(=O)CCCCCCCCCCCCCCCCCCCCC. The van der Waals surface area contributed by atoms with Crippen LogP contribution in [0.4, 0.5) is 0 Å². The van der Waals surface area contributed by atoms with E-state index in [1.165, 1.54) is 154 Å². The summed E-state index contributed by atoms with van der Waals surface area (Å²) in [4.78, 5) is 38.1. The summed E-state index contributed by atoms with van der Waals surface area (Å²) in [6.45, 7) is 6.52. The third-order valence-corrected chi connectivity index (χ3v) is 12.3. The number of carbonyl (C=O) groups is 3. The van der Waals surface area contributed by atoms with Gasteiger partial charge in [-0.3, -0.25) is 14.4 Å². The Morgan fingerprint density at radius 2 is 0.600 bits per heavy atom. The number of rotatable bonds is 51. The molecule has 65 heavy (non-hydrogen) atoms. The molecule has 0 N–H and O–H groups in total. The van der Waals surface area contributed by atoms with E-state index in [-0.39, 0.29) is 31.1 Å². The minimum atomic E-state index is -0.781. The number of allylic oxidation sites excluding steroid dienone is 8. The first-order valence-electron chi connectivity index (χ1n) is 28.1. The van der Waals surface area contributed by atoms with Crippen LogP contribution in [0.5, 0.6) is 0 Å². The van der Waals surface area contributed by atoms with Gasteiger partial charge in [-0.15, -0.1) is 0 Å². The number of hydrogen-bond donors (Lipinski definition) is 0. The molecular formula is C59H106O6. The fraction of sp³-hybridized carbons (Fsp3) is 0.814. The Morgan fingerprint density at radius 1 is 0.323 bits per heavy atom. The first kappa shape index (κ1) is 62.4. The number of unbranched alkanes of at least 4 members (excludes halogenated alkanes) is 32. The normalized spacial score (nSPS) is 12.4. The molecule has 0 aliphatic rings. The van der Waals surface area contributed by atoms with Gasteiger partial charge in [0.15, 0.2) is 6.10 Å². The summed E-state index contributed by atoms with van der Waals surface area (Å²) in [5.41, 5.74) is 0. The molecule has 378 valence electrons. The van der Waals surface area contributed by atoms with Crippen LogP contribution in [-0.4, -0.2) is 37.2 Å². The topological polar surface area (TPSA) is 78.9 Å². The summed E-state index contributed by atoms with van der Waals surface area (Å²) in [5.74, 6) is -0.888. The molecule has 0 fully saturated rings. The van der Waals surface area contributed by atoms with E-state index in [0.29, 0.717) is 19.3 Å². The van der Waals surface area contributed by atoms with Crippen molar-refractivity contribution >= 4 is 17.9 Å². The van der Waals surface area contributed by atoms with Gasteiger partial charge >= 0.3 is 17.9 Å². The van der Waals surface area contributed by atoms with Crippen LogP contribution in [-0.2, 0) is 28.6 Å². The van der Waals surface area contributed by atoms with Crippen molar-refractivity contribution in [3.05, 3.63) is 48.6 Å². The van der Waals surface area contributed by atoms with Gasteiger partial charge in [-0.2, -0.15) is 0 Å². The van der Waals surface area contributed by atoms with Gasteiger partial charge in [0.1, 0.15) is 13.2 Å². The van der Waals surface area contributed by atoms with Gasteiger partial charge in [-0.25, -0.2) is 0 Å². The molecule has 0 aromatic rings. The first-order valence-corrected chi connectivity index (χ1v) is 28.1. The Balaban J connectivity index is 4.33. The van der Waals surface area contributed by atoms with Crippen molar-refractivity contribution in [3.8, 4) is 0 Å². The summed E-state index contributed by atoms with van der Waals surface area (Å²) in [5, 5.41) is 0. The van der Waals surface area contributed by atoms with E-state index in [2.05, 4.69) is 69.4 Å². The van der Waals surface area contributed by atoms with Crippen LogP contribution < -0.4 is 0 Å².